The van der Waals surface area contributed by atoms with E-state index in [0.29, 0.717) is 6.42 Å². The van der Waals surface area contributed by atoms with Gasteiger partial charge in [-0.1, -0.05) is 338 Å². The van der Waals surface area contributed by atoms with Crippen LogP contribution in [0.4, 0.5) is 0 Å². The maximum absolute atomic E-state index is 13.1. The van der Waals surface area contributed by atoms with Crippen LogP contribution >= 0.6 is 0 Å². The van der Waals surface area contributed by atoms with Crippen LogP contribution in [0.15, 0.2) is 60.8 Å². The minimum atomic E-state index is -1.57. The minimum Gasteiger partial charge on any atom is -0.394 e. The van der Waals surface area contributed by atoms with Crippen LogP contribution in [-0.2, 0) is 14.3 Å². The van der Waals surface area contributed by atoms with E-state index in [4.69, 9.17) is 9.47 Å². The third-order valence-electron chi connectivity index (χ3n) is 16.8. The molecule has 6 N–H and O–H groups in total. The van der Waals surface area contributed by atoms with Crippen LogP contribution in [0.25, 0.3) is 0 Å². The van der Waals surface area contributed by atoms with Crippen LogP contribution in [0.2, 0.25) is 0 Å². The van der Waals surface area contributed by atoms with Crippen molar-refractivity contribution in [2.45, 2.75) is 384 Å². The number of hydrogen-bond donors (Lipinski definition) is 6. The summed E-state index contributed by atoms with van der Waals surface area (Å²) in [4.78, 5) is 13.1. The molecule has 9 heteroatoms. The molecule has 0 radical (unpaired) electrons. The van der Waals surface area contributed by atoms with E-state index in [2.05, 4.69) is 67.8 Å². The average molecular weight is 1150 g/mol. The molecule has 1 heterocycles. The van der Waals surface area contributed by atoms with Crippen molar-refractivity contribution in [3.63, 3.8) is 0 Å². The first-order valence-electron chi connectivity index (χ1n) is 35.5. The molecule has 7 atom stereocenters. The monoisotopic (exact) mass is 1150 g/mol. The van der Waals surface area contributed by atoms with Crippen LogP contribution in [0.1, 0.15) is 341 Å². The van der Waals surface area contributed by atoms with Crippen molar-refractivity contribution in [1.82, 2.24) is 5.32 Å². The number of nitrogens with one attached hydrogen (secondary N) is 1. The van der Waals surface area contributed by atoms with Crippen molar-refractivity contribution < 1.29 is 39.8 Å². The van der Waals surface area contributed by atoms with Gasteiger partial charge in [0.25, 0.3) is 0 Å². The van der Waals surface area contributed by atoms with Crippen molar-refractivity contribution in [1.29, 1.82) is 0 Å². The zero-order chi connectivity index (χ0) is 59.3. The van der Waals surface area contributed by atoms with Gasteiger partial charge in [-0.05, 0) is 57.8 Å². The SMILES string of the molecule is CC/C=C\C/C=C\C/C=C\C/C=C\CCCCCCCCCCCCCCCCCCC(=O)NC(COC1OC(CO)C(O)C(O)C1O)C(O)/C=C/CCCCCCCCCCCCCCCCCCCCCCCCCCCCCC. The van der Waals surface area contributed by atoms with Crippen LogP contribution in [0.5, 0.6) is 0 Å². The Morgan fingerprint density at radius 2 is 0.756 bits per heavy atom. The minimum absolute atomic E-state index is 0.173. The summed E-state index contributed by atoms with van der Waals surface area (Å²) in [5.74, 6) is -0.173. The van der Waals surface area contributed by atoms with E-state index in [1.807, 2.05) is 6.08 Å². The number of ether oxygens (including phenoxy) is 2. The summed E-state index contributed by atoms with van der Waals surface area (Å²) >= 11 is 0. The van der Waals surface area contributed by atoms with E-state index >= 15 is 0 Å². The van der Waals surface area contributed by atoms with E-state index in [0.717, 1.165) is 64.2 Å². The van der Waals surface area contributed by atoms with Gasteiger partial charge in [-0.3, -0.25) is 4.79 Å². The molecule has 0 aromatic carbocycles. The fourth-order valence-electron chi connectivity index (χ4n) is 11.3. The maximum Gasteiger partial charge on any atom is 0.220 e. The molecular weight excluding hydrogens is 1020 g/mol. The van der Waals surface area contributed by atoms with Gasteiger partial charge < -0.3 is 40.3 Å². The summed E-state index contributed by atoms with van der Waals surface area (Å²) in [7, 11) is 0. The molecule has 1 rings (SSSR count). The Kier molecular flexibility index (Phi) is 58.9. The summed E-state index contributed by atoms with van der Waals surface area (Å²) in [6, 6.07) is -0.808. The molecule has 0 aromatic rings. The molecule has 1 aliphatic rings. The highest BCUT2D eigenvalue weighted by Gasteiger charge is 2.44. The van der Waals surface area contributed by atoms with Crippen molar-refractivity contribution in [3.8, 4) is 0 Å². The number of hydrogen-bond acceptors (Lipinski definition) is 8. The highest BCUT2D eigenvalue weighted by atomic mass is 16.7. The quantitative estimate of drug-likeness (QED) is 0.0261. The van der Waals surface area contributed by atoms with E-state index < -0.39 is 49.5 Å². The van der Waals surface area contributed by atoms with Crippen LogP contribution in [-0.4, -0.2) is 87.5 Å². The molecule has 1 saturated heterocycles. The van der Waals surface area contributed by atoms with Gasteiger partial charge in [-0.2, -0.15) is 0 Å². The summed E-state index contributed by atoms with van der Waals surface area (Å²) in [6.45, 7) is 3.71. The molecule has 0 aliphatic carbocycles. The van der Waals surface area contributed by atoms with Gasteiger partial charge >= 0.3 is 0 Å². The van der Waals surface area contributed by atoms with E-state index in [1.165, 1.54) is 257 Å². The second-order valence-electron chi connectivity index (χ2n) is 24.7. The molecule has 0 aromatic heterocycles. The standard InChI is InChI=1S/C73H135NO8/c1-3-5-7-9-11-13-15-17-19-21-23-25-27-29-31-33-35-36-38-40-42-44-46-48-50-52-54-56-58-60-62-67(76)66(65-81-73-72(80)71(79)70(78)68(64-75)82-73)74-69(77)63-61-59-57-55-53-51-49-47-45-43-41-39-37-34-32-30-28-26-24-22-20-18-16-14-12-10-8-6-4-2/h6,8,12,14,18,20,24,26,60,62,66-68,70-73,75-76,78-80H,3-5,7,9-11,13,15-17,19,21-23,25,27-59,61,63-65H2,1-2H3,(H,74,77)/b8-6-,14-12-,20-18-,26-24-,62-60+. The Labute approximate surface area is 506 Å². The van der Waals surface area contributed by atoms with Gasteiger partial charge in [0.1, 0.15) is 24.4 Å². The normalized spacial score (nSPS) is 18.6. The van der Waals surface area contributed by atoms with Crippen molar-refractivity contribution in [2.75, 3.05) is 13.2 Å². The van der Waals surface area contributed by atoms with Crippen molar-refractivity contribution >= 4 is 5.91 Å². The van der Waals surface area contributed by atoms with E-state index in [-0.39, 0.29) is 12.5 Å². The molecule has 1 aliphatic heterocycles. The molecule has 82 heavy (non-hydrogen) atoms. The number of carbonyl (C=O) groups is 1. The second-order valence-corrected chi connectivity index (χ2v) is 24.7. The lowest BCUT2D eigenvalue weighted by Gasteiger charge is -2.40. The molecule has 1 amide bonds. The fourth-order valence-corrected chi connectivity index (χ4v) is 11.3. The topological polar surface area (TPSA) is 149 Å². The summed E-state index contributed by atoms with van der Waals surface area (Å²) in [5, 5.41) is 54.8. The first-order valence-corrected chi connectivity index (χ1v) is 35.5. The fraction of sp³-hybridized carbons (Fsp3) is 0.849. The van der Waals surface area contributed by atoms with Crippen molar-refractivity contribution in [3.05, 3.63) is 60.8 Å². The van der Waals surface area contributed by atoms with Gasteiger partial charge in [0.15, 0.2) is 6.29 Å². The average Bonchev–Trinajstić information content (AvgIpc) is 3.57. The Morgan fingerprint density at radius 3 is 1.12 bits per heavy atom. The number of allylic oxidation sites excluding steroid dienone is 9. The number of carbonyl (C=O) groups excluding carboxylic acids is 1. The first kappa shape index (κ1) is 77.9. The van der Waals surface area contributed by atoms with Gasteiger partial charge in [-0.25, -0.2) is 0 Å². The number of amides is 1. The van der Waals surface area contributed by atoms with Crippen LogP contribution < -0.4 is 5.32 Å². The molecule has 7 unspecified atom stereocenters. The van der Waals surface area contributed by atoms with E-state index in [9.17, 15) is 30.3 Å². The number of rotatable bonds is 62. The highest BCUT2D eigenvalue weighted by molar-refractivity contribution is 5.76. The Morgan fingerprint density at radius 1 is 0.427 bits per heavy atom. The number of aliphatic hydroxyl groups is 5. The lowest BCUT2D eigenvalue weighted by Crippen LogP contribution is -2.60. The van der Waals surface area contributed by atoms with Crippen LogP contribution in [0.3, 0.4) is 0 Å². The highest BCUT2D eigenvalue weighted by Crippen LogP contribution is 2.23. The predicted octanol–water partition coefficient (Wildman–Crippen LogP) is 19.4. The molecule has 1 fully saturated rings. The number of unbranched alkanes of at least 4 members (excludes halogenated alkanes) is 44. The lowest BCUT2D eigenvalue weighted by atomic mass is 9.99. The summed E-state index contributed by atoms with van der Waals surface area (Å²) in [6.07, 6.45) is 79.0. The Bertz CT molecular complexity index is 1480. The van der Waals surface area contributed by atoms with Gasteiger partial charge in [-0.15, -0.1) is 0 Å². The molecule has 0 saturated carbocycles. The molecule has 480 valence electrons. The molecule has 0 spiro atoms. The third kappa shape index (κ3) is 50.1. The van der Waals surface area contributed by atoms with E-state index in [1.54, 1.807) is 6.08 Å². The zero-order valence-electron chi connectivity index (χ0n) is 53.8. The Balaban J connectivity index is 2.12. The van der Waals surface area contributed by atoms with Gasteiger partial charge in [0.05, 0.1) is 25.4 Å². The number of aliphatic hydroxyl groups excluding tert-OH is 5. The summed E-state index contributed by atoms with van der Waals surface area (Å²) < 4.78 is 11.3. The van der Waals surface area contributed by atoms with Gasteiger partial charge in [0.2, 0.25) is 5.91 Å². The predicted molar refractivity (Wildman–Crippen MR) is 350 cm³/mol. The molecule has 9 nitrogen and oxygen atoms in total. The largest absolute Gasteiger partial charge is 0.394 e. The smallest absolute Gasteiger partial charge is 0.220 e. The van der Waals surface area contributed by atoms with Gasteiger partial charge in [0, 0.05) is 6.42 Å². The van der Waals surface area contributed by atoms with Crippen molar-refractivity contribution in [2.24, 2.45) is 0 Å². The molecule has 0 bridgehead atoms. The summed E-state index contributed by atoms with van der Waals surface area (Å²) in [5.41, 5.74) is 0. The Hall–Kier alpha value is -2.11. The lowest BCUT2D eigenvalue weighted by molar-refractivity contribution is -0.302. The van der Waals surface area contributed by atoms with Crippen LogP contribution in [0, 0.1) is 0 Å². The maximum atomic E-state index is 13.1. The second kappa shape index (κ2) is 62.0. The first-order chi connectivity index (χ1) is 40.3. The molecular formula is C73H135NO8. The zero-order valence-corrected chi connectivity index (χ0v) is 53.8. The third-order valence-corrected chi connectivity index (χ3v) is 16.8.